The van der Waals surface area contributed by atoms with Crippen molar-refractivity contribution in [3.8, 4) is 0 Å². The molecule has 0 aromatic rings. The third-order valence-electron chi connectivity index (χ3n) is 9.95. The van der Waals surface area contributed by atoms with Gasteiger partial charge in [-0.15, -0.1) is 0 Å². The van der Waals surface area contributed by atoms with Crippen molar-refractivity contribution < 1.29 is 38.1 Å². The van der Waals surface area contributed by atoms with Crippen LogP contribution in [0.2, 0.25) is 0 Å². The zero-order valence-corrected chi connectivity index (χ0v) is 37.7. The summed E-state index contributed by atoms with van der Waals surface area (Å²) in [7, 11) is 3.93. The predicted molar refractivity (Wildman–Crippen MR) is 235 cm³/mol. The quantitative estimate of drug-likeness (QED) is 0.0196. The van der Waals surface area contributed by atoms with E-state index in [1.165, 1.54) is 77.0 Å². The molecule has 9 nitrogen and oxygen atoms in total. The average molecular weight is 808 g/mol. The van der Waals surface area contributed by atoms with Gasteiger partial charge in [0, 0.05) is 32.5 Å². The lowest BCUT2D eigenvalue weighted by Gasteiger charge is -2.20. The van der Waals surface area contributed by atoms with Crippen LogP contribution in [0.3, 0.4) is 0 Å². The van der Waals surface area contributed by atoms with Gasteiger partial charge in [-0.25, -0.2) is 0 Å². The molecule has 334 valence electrons. The van der Waals surface area contributed by atoms with Crippen LogP contribution in [0.25, 0.3) is 0 Å². The van der Waals surface area contributed by atoms with Crippen molar-refractivity contribution in [1.82, 2.24) is 4.90 Å². The lowest BCUT2D eigenvalue weighted by atomic mass is 10.1. The molecular formula is C48H89NO8. The fourth-order valence-corrected chi connectivity index (χ4v) is 6.26. The van der Waals surface area contributed by atoms with Crippen LogP contribution in [0, 0.1) is 5.92 Å². The number of nitrogens with zero attached hydrogens (tertiary/aromatic N) is 1. The maximum Gasteiger partial charge on any atom is 0.305 e. The van der Waals surface area contributed by atoms with Crippen LogP contribution >= 0.6 is 0 Å². The maximum absolute atomic E-state index is 12.9. The van der Waals surface area contributed by atoms with E-state index < -0.39 is 12.2 Å². The van der Waals surface area contributed by atoms with Gasteiger partial charge in [-0.3, -0.25) is 14.4 Å². The molecule has 9 heteroatoms. The van der Waals surface area contributed by atoms with Crippen molar-refractivity contribution in [3.05, 3.63) is 24.3 Å². The van der Waals surface area contributed by atoms with Gasteiger partial charge in [0.15, 0.2) is 6.29 Å². The van der Waals surface area contributed by atoms with E-state index in [1.807, 2.05) is 19.0 Å². The Bertz CT molecular complexity index is 950. The first-order valence-electron chi connectivity index (χ1n) is 23.5. The molecule has 0 aromatic carbocycles. The molecule has 1 atom stereocenters. The number of carbonyl (C=O) groups excluding carboxylic acids is 3. The van der Waals surface area contributed by atoms with Crippen molar-refractivity contribution in [3.63, 3.8) is 0 Å². The van der Waals surface area contributed by atoms with Gasteiger partial charge in [-0.05, 0) is 78.4 Å². The first-order valence-corrected chi connectivity index (χ1v) is 23.5. The molecule has 0 aliphatic heterocycles. The second-order valence-corrected chi connectivity index (χ2v) is 16.0. The third-order valence-corrected chi connectivity index (χ3v) is 9.95. The highest BCUT2D eigenvalue weighted by Crippen LogP contribution is 2.14. The lowest BCUT2D eigenvalue weighted by molar-refractivity contribution is -0.162. The summed E-state index contributed by atoms with van der Waals surface area (Å²) in [4.78, 5) is 39.9. The van der Waals surface area contributed by atoms with Gasteiger partial charge in [0.1, 0.15) is 19.8 Å². The lowest BCUT2D eigenvalue weighted by Crippen LogP contribution is -2.27. The van der Waals surface area contributed by atoms with E-state index >= 15 is 0 Å². The largest absolute Gasteiger partial charge is 0.465 e. The summed E-state index contributed by atoms with van der Waals surface area (Å²) in [5, 5.41) is 0. The predicted octanol–water partition coefficient (Wildman–Crippen LogP) is 12.2. The molecule has 0 saturated carbocycles. The summed E-state index contributed by atoms with van der Waals surface area (Å²) in [6.45, 7) is 8.75. The number of unbranched alkanes of at least 4 members (excludes halogenated alkanes) is 18. The van der Waals surface area contributed by atoms with E-state index in [-0.39, 0.29) is 44.1 Å². The minimum absolute atomic E-state index is 0.00266. The van der Waals surface area contributed by atoms with Crippen molar-refractivity contribution in [2.75, 3.05) is 53.7 Å². The summed E-state index contributed by atoms with van der Waals surface area (Å²) < 4.78 is 28.9. The van der Waals surface area contributed by atoms with Crippen LogP contribution in [-0.2, 0) is 38.1 Å². The van der Waals surface area contributed by atoms with E-state index in [9.17, 15) is 14.4 Å². The third kappa shape index (κ3) is 41.7. The smallest absolute Gasteiger partial charge is 0.305 e. The molecule has 0 spiro atoms. The summed E-state index contributed by atoms with van der Waals surface area (Å²) in [6.07, 6.45) is 37.0. The van der Waals surface area contributed by atoms with Crippen LogP contribution in [-0.4, -0.2) is 82.8 Å². The number of ether oxygens (including phenoxy) is 5. The number of rotatable bonds is 43. The Morgan fingerprint density at radius 1 is 0.474 bits per heavy atom. The number of esters is 3. The van der Waals surface area contributed by atoms with Gasteiger partial charge in [-0.2, -0.15) is 0 Å². The Morgan fingerprint density at radius 3 is 1.39 bits per heavy atom. The van der Waals surface area contributed by atoms with E-state index in [0.717, 1.165) is 77.2 Å². The Hall–Kier alpha value is -2.23. The Morgan fingerprint density at radius 2 is 0.877 bits per heavy atom. The zero-order chi connectivity index (χ0) is 41.9. The minimum atomic E-state index is -0.446. The van der Waals surface area contributed by atoms with Gasteiger partial charge >= 0.3 is 17.9 Å². The van der Waals surface area contributed by atoms with Crippen molar-refractivity contribution in [2.24, 2.45) is 5.92 Å². The van der Waals surface area contributed by atoms with Gasteiger partial charge in [0.05, 0.1) is 12.3 Å². The highest BCUT2D eigenvalue weighted by atomic mass is 16.7. The molecule has 0 aliphatic carbocycles. The van der Waals surface area contributed by atoms with E-state index in [0.29, 0.717) is 38.9 Å². The molecule has 0 heterocycles. The van der Waals surface area contributed by atoms with Crippen LogP contribution in [0.5, 0.6) is 0 Å². The normalized spacial score (nSPS) is 12.3. The standard InChI is InChI=1S/C48H89NO8/c1-6-9-12-15-18-19-20-21-22-23-24-25-26-27-30-34-45(50)55-41-44(42-56-46(51)35-33-38-49(4)5)43-57-47(52)36-37-48(53-39-31-28-16-13-10-7-2)54-40-32-29-17-14-11-8-3/h18-19,21-22,44,48H,6-17,20,23-43H2,1-5H3/b19-18-,22-21-. The van der Waals surface area contributed by atoms with E-state index in [1.54, 1.807) is 0 Å². The first-order chi connectivity index (χ1) is 27.8. The van der Waals surface area contributed by atoms with Crippen LogP contribution in [0.1, 0.15) is 201 Å². The Balaban J connectivity index is 4.72. The fourth-order valence-electron chi connectivity index (χ4n) is 6.26. The molecule has 0 amide bonds. The molecule has 0 aromatic heterocycles. The molecule has 0 aliphatic rings. The molecule has 0 bridgehead atoms. The van der Waals surface area contributed by atoms with Gasteiger partial charge in [0.25, 0.3) is 0 Å². The first kappa shape index (κ1) is 54.8. The number of hydrogen-bond acceptors (Lipinski definition) is 9. The van der Waals surface area contributed by atoms with Crippen molar-refractivity contribution in [2.45, 2.75) is 207 Å². The van der Waals surface area contributed by atoms with Gasteiger partial charge in [0.2, 0.25) is 0 Å². The second kappa shape index (κ2) is 43.4. The summed E-state index contributed by atoms with van der Waals surface area (Å²) in [5.74, 6) is -1.39. The van der Waals surface area contributed by atoms with Crippen LogP contribution in [0.4, 0.5) is 0 Å². The van der Waals surface area contributed by atoms with Crippen molar-refractivity contribution in [1.29, 1.82) is 0 Å². The minimum Gasteiger partial charge on any atom is -0.465 e. The van der Waals surface area contributed by atoms with Crippen LogP contribution < -0.4 is 0 Å². The zero-order valence-electron chi connectivity index (χ0n) is 37.7. The molecule has 0 radical (unpaired) electrons. The molecular weight excluding hydrogens is 719 g/mol. The van der Waals surface area contributed by atoms with Gasteiger partial charge < -0.3 is 28.6 Å². The number of allylic oxidation sites excluding steroid dienone is 4. The highest BCUT2D eigenvalue weighted by molar-refractivity contribution is 5.70. The molecule has 1 unspecified atom stereocenters. The average Bonchev–Trinajstić information content (AvgIpc) is 3.19. The van der Waals surface area contributed by atoms with Crippen molar-refractivity contribution >= 4 is 17.9 Å². The maximum atomic E-state index is 12.9. The molecule has 0 saturated heterocycles. The fraction of sp³-hybridized carbons (Fsp3) is 0.854. The summed E-state index contributed by atoms with van der Waals surface area (Å²) in [5.41, 5.74) is 0. The molecule has 0 N–H and O–H groups in total. The van der Waals surface area contributed by atoms with Gasteiger partial charge in [-0.1, -0.05) is 141 Å². The Labute approximate surface area is 350 Å². The summed E-state index contributed by atoms with van der Waals surface area (Å²) >= 11 is 0. The van der Waals surface area contributed by atoms with E-state index in [2.05, 4.69) is 45.1 Å². The summed E-state index contributed by atoms with van der Waals surface area (Å²) in [6, 6.07) is 0. The molecule has 0 fully saturated rings. The molecule has 57 heavy (non-hydrogen) atoms. The number of hydrogen-bond donors (Lipinski definition) is 0. The monoisotopic (exact) mass is 808 g/mol. The number of carbonyl (C=O) groups is 3. The Kier molecular flexibility index (Phi) is 41.7. The van der Waals surface area contributed by atoms with E-state index in [4.69, 9.17) is 23.7 Å². The topological polar surface area (TPSA) is 101 Å². The SMILES string of the molecule is CCCCC/C=C\C/C=C\CCCCCCCC(=O)OCC(COC(=O)CCCN(C)C)COC(=O)CCC(OCCCCCCCC)OCCCCCCCC. The highest BCUT2D eigenvalue weighted by Gasteiger charge is 2.19. The van der Waals surface area contributed by atoms with Crippen LogP contribution in [0.15, 0.2) is 24.3 Å². The molecule has 0 rings (SSSR count). The second-order valence-electron chi connectivity index (χ2n) is 16.0.